The molecule has 1 aliphatic rings. The number of hydrogen-bond donors (Lipinski definition) is 4. The monoisotopic (exact) mass is 280 g/mol. The summed E-state index contributed by atoms with van der Waals surface area (Å²) >= 11 is 0. The summed E-state index contributed by atoms with van der Waals surface area (Å²) in [5.74, 6) is 9.74. The van der Waals surface area contributed by atoms with Crippen LogP contribution in [0.4, 0.5) is 4.79 Å². The Bertz CT molecular complexity index is 232. The van der Waals surface area contributed by atoms with E-state index in [1.54, 1.807) is 13.8 Å². The van der Waals surface area contributed by atoms with Gasteiger partial charge in [0, 0.05) is 12.6 Å². The van der Waals surface area contributed by atoms with Crippen molar-refractivity contribution in [2.45, 2.75) is 38.8 Å². The molecule has 6 N–H and O–H groups in total. The fourth-order valence-corrected chi connectivity index (χ4v) is 1.50. The van der Waals surface area contributed by atoms with Crippen molar-refractivity contribution < 1.29 is 24.2 Å². The topological polar surface area (TPSA) is 132 Å². The zero-order valence-corrected chi connectivity index (χ0v) is 11.4. The smallest absolute Gasteiger partial charge is 0.432 e. The fraction of sp³-hybridized carbons (Fsp3) is 0.900. The van der Waals surface area contributed by atoms with E-state index < -0.39 is 6.16 Å². The van der Waals surface area contributed by atoms with Crippen molar-refractivity contribution >= 4 is 6.16 Å². The summed E-state index contributed by atoms with van der Waals surface area (Å²) in [6.07, 6.45) is 1.20. The summed E-state index contributed by atoms with van der Waals surface area (Å²) in [5, 5.41) is 10.6. The van der Waals surface area contributed by atoms with Gasteiger partial charge in [-0.15, -0.1) is 0 Å². The van der Waals surface area contributed by atoms with Crippen LogP contribution in [0.25, 0.3) is 0 Å². The van der Waals surface area contributed by atoms with Crippen molar-refractivity contribution in [3.05, 3.63) is 0 Å². The number of hydrazine groups is 2. The first-order chi connectivity index (χ1) is 9.04. The number of hydrogen-bond acceptors (Lipinski definition) is 9. The number of ether oxygens (including phenoxy) is 2. The van der Waals surface area contributed by atoms with Gasteiger partial charge in [-0.3, -0.25) is 10.7 Å². The molecular formula is C10H24N4O5. The van der Waals surface area contributed by atoms with Gasteiger partial charge in [0.15, 0.2) is 0 Å². The van der Waals surface area contributed by atoms with Crippen molar-refractivity contribution in [3.63, 3.8) is 0 Å². The number of carbonyl (C=O) groups is 1. The van der Waals surface area contributed by atoms with Gasteiger partial charge in [0.1, 0.15) is 0 Å². The van der Waals surface area contributed by atoms with E-state index in [2.05, 4.69) is 25.7 Å². The van der Waals surface area contributed by atoms with E-state index in [1.165, 1.54) is 0 Å². The van der Waals surface area contributed by atoms with Crippen molar-refractivity contribution in [1.29, 1.82) is 0 Å². The van der Waals surface area contributed by atoms with Gasteiger partial charge in [0.05, 0.1) is 12.7 Å². The standard InChI is InChI=1S/C5H13N3O.C5H11NO4/c6-7-8-3-1-2-5(8)4-9;1-4(2)10-5(7)8-3-9-6/h5,7,9H,1-4,6H2;4H,3,6H2,1-2H3. The van der Waals surface area contributed by atoms with Crippen LogP contribution in [0.15, 0.2) is 0 Å². The maximum atomic E-state index is 10.4. The van der Waals surface area contributed by atoms with Gasteiger partial charge < -0.3 is 14.6 Å². The van der Waals surface area contributed by atoms with Gasteiger partial charge in [-0.1, -0.05) is 0 Å². The summed E-state index contributed by atoms with van der Waals surface area (Å²) in [6, 6.07) is 0.231. The Labute approximate surface area is 112 Å². The van der Waals surface area contributed by atoms with Crippen LogP contribution in [0.3, 0.4) is 0 Å². The molecule has 0 amide bonds. The number of carbonyl (C=O) groups excluding carboxylic acids is 1. The third-order valence-corrected chi connectivity index (χ3v) is 2.33. The van der Waals surface area contributed by atoms with Gasteiger partial charge in [-0.2, -0.15) is 5.53 Å². The minimum Gasteiger partial charge on any atom is -0.432 e. The van der Waals surface area contributed by atoms with E-state index in [4.69, 9.17) is 10.9 Å². The number of aliphatic hydroxyl groups excluding tert-OH is 1. The molecule has 1 fully saturated rings. The van der Waals surface area contributed by atoms with Crippen molar-refractivity contribution in [1.82, 2.24) is 10.5 Å². The number of aliphatic hydroxyl groups is 1. The number of nitrogens with two attached hydrogens (primary N) is 2. The van der Waals surface area contributed by atoms with E-state index >= 15 is 0 Å². The van der Waals surface area contributed by atoms with Crippen LogP contribution < -0.4 is 17.3 Å². The molecule has 1 rings (SSSR count). The Kier molecular flexibility index (Phi) is 10.4. The maximum Gasteiger partial charge on any atom is 0.510 e. The molecule has 1 unspecified atom stereocenters. The van der Waals surface area contributed by atoms with Crippen LogP contribution in [-0.4, -0.2) is 48.4 Å². The second kappa shape index (κ2) is 10.9. The summed E-state index contributed by atoms with van der Waals surface area (Å²) in [4.78, 5) is 14.4. The van der Waals surface area contributed by atoms with E-state index in [9.17, 15) is 4.79 Å². The molecule has 9 nitrogen and oxygen atoms in total. The zero-order valence-electron chi connectivity index (χ0n) is 11.4. The van der Waals surface area contributed by atoms with Gasteiger partial charge in [0.25, 0.3) is 0 Å². The predicted molar refractivity (Wildman–Crippen MR) is 67.0 cm³/mol. The van der Waals surface area contributed by atoms with Crippen LogP contribution in [0.1, 0.15) is 26.7 Å². The predicted octanol–water partition coefficient (Wildman–Crippen LogP) is -0.783. The molecule has 1 saturated heterocycles. The minimum absolute atomic E-state index is 0.190. The van der Waals surface area contributed by atoms with E-state index in [0.717, 1.165) is 19.4 Å². The molecule has 0 aromatic carbocycles. The van der Waals surface area contributed by atoms with Crippen LogP contribution in [0.2, 0.25) is 0 Å². The second-order valence-electron chi connectivity index (χ2n) is 4.15. The quantitative estimate of drug-likeness (QED) is 0.221. The Morgan fingerprint density at radius 2 is 2.26 bits per heavy atom. The summed E-state index contributed by atoms with van der Waals surface area (Å²) in [7, 11) is 0. The Balaban J connectivity index is 0.000000342. The van der Waals surface area contributed by atoms with E-state index in [-0.39, 0.29) is 25.5 Å². The highest BCUT2D eigenvalue weighted by Crippen LogP contribution is 2.12. The van der Waals surface area contributed by atoms with Crippen molar-refractivity contribution in [3.8, 4) is 0 Å². The molecule has 0 radical (unpaired) electrons. The number of rotatable bonds is 5. The zero-order chi connectivity index (χ0) is 14.7. The first-order valence-corrected chi connectivity index (χ1v) is 6.04. The molecule has 1 aliphatic heterocycles. The van der Waals surface area contributed by atoms with E-state index in [1.807, 2.05) is 5.01 Å². The molecule has 0 bridgehead atoms. The molecule has 0 aromatic heterocycles. The number of nitrogens with one attached hydrogen (secondary N) is 1. The highest BCUT2D eigenvalue weighted by Gasteiger charge is 2.21. The Hall–Kier alpha value is -0.970. The highest BCUT2D eigenvalue weighted by molar-refractivity contribution is 5.59. The Morgan fingerprint density at radius 3 is 2.68 bits per heavy atom. The molecule has 9 heteroatoms. The normalized spacial score (nSPS) is 18.9. The third kappa shape index (κ3) is 8.70. The van der Waals surface area contributed by atoms with Crippen LogP contribution in [0, 0.1) is 0 Å². The lowest BCUT2D eigenvalue weighted by Crippen LogP contribution is -2.47. The van der Waals surface area contributed by atoms with Crippen molar-refractivity contribution in [2.75, 3.05) is 19.9 Å². The molecule has 1 heterocycles. The summed E-state index contributed by atoms with van der Waals surface area (Å²) in [5.41, 5.74) is 2.54. The van der Waals surface area contributed by atoms with Gasteiger partial charge in [-0.05, 0) is 26.7 Å². The molecule has 19 heavy (non-hydrogen) atoms. The van der Waals surface area contributed by atoms with Gasteiger partial charge in [0.2, 0.25) is 6.79 Å². The molecule has 1 atom stereocenters. The van der Waals surface area contributed by atoms with Crippen LogP contribution >= 0.6 is 0 Å². The third-order valence-electron chi connectivity index (χ3n) is 2.33. The SMILES string of the molecule is CC(C)OC(=O)OCON.NNN1CCCC1CO. The summed E-state index contributed by atoms with van der Waals surface area (Å²) in [6.45, 7) is 4.28. The first kappa shape index (κ1) is 18.0. The average Bonchev–Trinajstić information content (AvgIpc) is 2.83. The lowest BCUT2D eigenvalue weighted by atomic mass is 10.2. The molecule has 0 aliphatic carbocycles. The van der Waals surface area contributed by atoms with Gasteiger partial charge in [-0.25, -0.2) is 15.7 Å². The lowest BCUT2D eigenvalue weighted by Gasteiger charge is -2.19. The minimum atomic E-state index is -0.777. The highest BCUT2D eigenvalue weighted by atomic mass is 16.8. The molecule has 0 aromatic rings. The van der Waals surface area contributed by atoms with Crippen molar-refractivity contribution in [2.24, 2.45) is 11.7 Å². The molecule has 0 spiro atoms. The fourth-order valence-electron chi connectivity index (χ4n) is 1.50. The average molecular weight is 280 g/mol. The molecule has 114 valence electrons. The number of nitrogens with zero attached hydrogens (tertiary/aromatic N) is 1. The first-order valence-electron chi connectivity index (χ1n) is 6.04. The molecule has 0 saturated carbocycles. The largest absolute Gasteiger partial charge is 0.510 e. The lowest BCUT2D eigenvalue weighted by molar-refractivity contribution is -0.0529. The van der Waals surface area contributed by atoms with Crippen LogP contribution in [0.5, 0.6) is 0 Å². The maximum absolute atomic E-state index is 10.4. The van der Waals surface area contributed by atoms with Gasteiger partial charge >= 0.3 is 6.16 Å². The summed E-state index contributed by atoms with van der Waals surface area (Å²) < 4.78 is 8.85. The van der Waals surface area contributed by atoms with E-state index in [0.29, 0.717) is 0 Å². The second-order valence-corrected chi connectivity index (χ2v) is 4.15. The molecular weight excluding hydrogens is 256 g/mol. The Morgan fingerprint density at radius 1 is 1.58 bits per heavy atom. The van der Waals surface area contributed by atoms with Crippen LogP contribution in [-0.2, 0) is 14.3 Å².